The van der Waals surface area contributed by atoms with Crippen LogP contribution < -0.4 is 10.6 Å². The van der Waals surface area contributed by atoms with Crippen LogP contribution in [0.15, 0.2) is 0 Å². The fraction of sp³-hybridized carbons (Fsp3) is 0.733. The lowest BCUT2D eigenvalue weighted by Crippen LogP contribution is -2.50. The minimum absolute atomic E-state index is 0.251. The quantitative estimate of drug-likeness (QED) is 0.898. The Kier molecular flexibility index (Phi) is 4.53. The third-order valence-electron chi connectivity index (χ3n) is 3.69. The van der Waals surface area contributed by atoms with Crippen molar-refractivity contribution in [2.24, 2.45) is 7.05 Å². The van der Waals surface area contributed by atoms with Crippen molar-refractivity contribution in [3.63, 3.8) is 0 Å². The van der Waals surface area contributed by atoms with Gasteiger partial charge in [-0.3, -0.25) is 4.68 Å². The smallest absolute Gasteiger partial charge is 0.410 e. The predicted octanol–water partition coefficient (Wildman–Crippen LogP) is 1.62. The number of ether oxygens (including phenoxy) is 1. The maximum atomic E-state index is 12.1. The van der Waals surface area contributed by atoms with Crippen LogP contribution >= 0.6 is 0 Å². The van der Waals surface area contributed by atoms with Crippen molar-refractivity contribution in [1.29, 1.82) is 0 Å². The summed E-state index contributed by atoms with van der Waals surface area (Å²) in [5, 5.41) is 4.45. The van der Waals surface area contributed by atoms with E-state index in [0.29, 0.717) is 13.1 Å². The topological polar surface area (TPSA) is 76.6 Å². The highest BCUT2D eigenvalue weighted by Gasteiger charge is 2.28. The summed E-state index contributed by atoms with van der Waals surface area (Å²) in [5.74, 6) is 0.945. The number of piperazine rings is 1. The van der Waals surface area contributed by atoms with Crippen LogP contribution in [-0.2, 0) is 18.2 Å². The highest BCUT2D eigenvalue weighted by Crippen LogP contribution is 2.27. The largest absolute Gasteiger partial charge is 0.444 e. The average Bonchev–Trinajstić information content (AvgIpc) is 2.71. The van der Waals surface area contributed by atoms with Crippen LogP contribution in [0.3, 0.4) is 0 Å². The summed E-state index contributed by atoms with van der Waals surface area (Å²) in [5.41, 5.74) is 7.40. The molecule has 1 aromatic heterocycles. The molecule has 2 N–H and O–H groups in total. The number of hydrogen-bond acceptors (Lipinski definition) is 5. The summed E-state index contributed by atoms with van der Waals surface area (Å²) in [4.78, 5) is 16.0. The Morgan fingerprint density at radius 2 is 1.86 bits per heavy atom. The Morgan fingerprint density at radius 1 is 1.27 bits per heavy atom. The summed E-state index contributed by atoms with van der Waals surface area (Å²) in [7, 11) is 1.91. The molecule has 1 amide bonds. The molecule has 0 unspecified atom stereocenters. The minimum atomic E-state index is -0.462. The molecule has 0 saturated carbocycles. The average molecular weight is 309 g/mol. The van der Waals surface area contributed by atoms with E-state index >= 15 is 0 Å². The number of hydrogen-bond donors (Lipinski definition) is 1. The molecule has 2 rings (SSSR count). The highest BCUT2D eigenvalue weighted by atomic mass is 16.6. The maximum absolute atomic E-state index is 12.1. The Morgan fingerprint density at radius 3 is 2.32 bits per heavy atom. The molecular weight excluding hydrogens is 282 g/mol. The number of amides is 1. The van der Waals surface area contributed by atoms with Gasteiger partial charge in [-0.25, -0.2) is 4.79 Å². The van der Waals surface area contributed by atoms with Gasteiger partial charge in [0.1, 0.15) is 5.60 Å². The van der Waals surface area contributed by atoms with Crippen molar-refractivity contribution in [3.8, 4) is 0 Å². The third kappa shape index (κ3) is 3.45. The number of nitrogens with zero attached hydrogens (tertiary/aromatic N) is 4. The van der Waals surface area contributed by atoms with Gasteiger partial charge in [0.2, 0.25) is 0 Å². The molecule has 7 heteroatoms. The van der Waals surface area contributed by atoms with Gasteiger partial charge in [-0.15, -0.1) is 0 Å². The molecule has 0 spiro atoms. The van der Waals surface area contributed by atoms with E-state index in [4.69, 9.17) is 10.5 Å². The first-order chi connectivity index (χ1) is 10.2. The zero-order valence-corrected chi connectivity index (χ0v) is 14.2. The first-order valence-corrected chi connectivity index (χ1v) is 7.77. The van der Waals surface area contributed by atoms with E-state index in [1.165, 1.54) is 0 Å². The van der Waals surface area contributed by atoms with Crippen molar-refractivity contribution in [3.05, 3.63) is 5.69 Å². The van der Waals surface area contributed by atoms with Crippen molar-refractivity contribution in [1.82, 2.24) is 14.7 Å². The van der Waals surface area contributed by atoms with E-state index in [1.54, 1.807) is 4.90 Å². The zero-order chi connectivity index (χ0) is 16.5. The molecule has 0 atom stereocenters. The number of nitrogens with two attached hydrogens (primary N) is 1. The van der Waals surface area contributed by atoms with Gasteiger partial charge < -0.3 is 20.3 Å². The number of carbonyl (C=O) groups is 1. The first kappa shape index (κ1) is 16.5. The van der Waals surface area contributed by atoms with Crippen LogP contribution in [-0.4, -0.2) is 52.6 Å². The summed E-state index contributed by atoms with van der Waals surface area (Å²) in [6.07, 6.45) is 0.566. The number of aryl methyl sites for hydroxylation is 2. The SMILES string of the molecule is CCc1nn(C)c(N2CCN(C(=O)OC(C)(C)C)CC2)c1N. The second-order valence-electron chi connectivity index (χ2n) is 6.62. The van der Waals surface area contributed by atoms with Crippen LogP contribution in [0.25, 0.3) is 0 Å². The summed E-state index contributed by atoms with van der Waals surface area (Å²) in [6, 6.07) is 0. The lowest BCUT2D eigenvalue weighted by atomic mass is 10.2. The molecule has 1 aliphatic heterocycles. The molecule has 1 fully saturated rings. The summed E-state index contributed by atoms with van der Waals surface area (Å²) >= 11 is 0. The van der Waals surface area contributed by atoms with E-state index in [9.17, 15) is 4.79 Å². The molecule has 0 aromatic carbocycles. The van der Waals surface area contributed by atoms with Crippen LogP contribution in [0.1, 0.15) is 33.4 Å². The molecule has 0 bridgehead atoms. The zero-order valence-electron chi connectivity index (χ0n) is 14.2. The van der Waals surface area contributed by atoms with Gasteiger partial charge in [0, 0.05) is 33.2 Å². The van der Waals surface area contributed by atoms with E-state index in [-0.39, 0.29) is 6.09 Å². The number of carbonyl (C=O) groups excluding carboxylic acids is 1. The molecule has 0 aliphatic carbocycles. The molecule has 2 heterocycles. The Bertz CT molecular complexity index is 539. The molecule has 7 nitrogen and oxygen atoms in total. The van der Waals surface area contributed by atoms with E-state index in [0.717, 1.165) is 36.7 Å². The number of anilines is 2. The van der Waals surface area contributed by atoms with Gasteiger partial charge in [0.15, 0.2) is 5.82 Å². The molecule has 0 radical (unpaired) electrons. The molecule has 1 aliphatic rings. The molecule has 22 heavy (non-hydrogen) atoms. The lowest BCUT2D eigenvalue weighted by molar-refractivity contribution is 0.0240. The maximum Gasteiger partial charge on any atom is 0.410 e. The monoisotopic (exact) mass is 309 g/mol. The fourth-order valence-electron chi connectivity index (χ4n) is 2.65. The van der Waals surface area contributed by atoms with Crippen LogP contribution in [0.2, 0.25) is 0 Å². The number of aromatic nitrogens is 2. The van der Waals surface area contributed by atoms with Crippen molar-refractivity contribution < 1.29 is 9.53 Å². The van der Waals surface area contributed by atoms with Gasteiger partial charge >= 0.3 is 6.09 Å². The Labute approximate surface area is 132 Å². The second-order valence-corrected chi connectivity index (χ2v) is 6.62. The Hall–Kier alpha value is -1.92. The van der Waals surface area contributed by atoms with Gasteiger partial charge in [-0.1, -0.05) is 6.92 Å². The van der Waals surface area contributed by atoms with Gasteiger partial charge in [-0.2, -0.15) is 5.10 Å². The van der Waals surface area contributed by atoms with E-state index in [2.05, 4.69) is 10.00 Å². The fourth-order valence-corrected chi connectivity index (χ4v) is 2.65. The second kappa shape index (κ2) is 6.06. The van der Waals surface area contributed by atoms with Crippen LogP contribution in [0.5, 0.6) is 0 Å². The van der Waals surface area contributed by atoms with Gasteiger partial charge in [0.25, 0.3) is 0 Å². The lowest BCUT2D eigenvalue weighted by Gasteiger charge is -2.36. The standard InChI is InChI=1S/C15H27N5O2/c1-6-11-12(16)13(18(5)17-11)19-7-9-20(10-8-19)14(21)22-15(2,3)4/h6-10,16H2,1-5H3. The highest BCUT2D eigenvalue weighted by molar-refractivity contribution is 5.70. The first-order valence-electron chi connectivity index (χ1n) is 7.77. The number of nitrogen functional groups attached to an aromatic ring is 1. The van der Waals surface area contributed by atoms with Crippen molar-refractivity contribution >= 4 is 17.6 Å². The molecule has 1 aromatic rings. The molecular formula is C15H27N5O2. The van der Waals surface area contributed by atoms with Crippen LogP contribution in [0, 0.1) is 0 Å². The third-order valence-corrected chi connectivity index (χ3v) is 3.69. The summed E-state index contributed by atoms with van der Waals surface area (Å²) in [6.45, 7) is 10.4. The van der Waals surface area contributed by atoms with Crippen molar-refractivity contribution in [2.45, 2.75) is 39.7 Å². The minimum Gasteiger partial charge on any atom is -0.444 e. The number of rotatable bonds is 2. The van der Waals surface area contributed by atoms with E-state index < -0.39 is 5.60 Å². The summed E-state index contributed by atoms with van der Waals surface area (Å²) < 4.78 is 7.24. The molecule has 124 valence electrons. The predicted molar refractivity (Wildman–Crippen MR) is 87.0 cm³/mol. The molecule has 1 saturated heterocycles. The van der Waals surface area contributed by atoms with Gasteiger partial charge in [-0.05, 0) is 27.2 Å². The Balaban J connectivity index is 2.01. The van der Waals surface area contributed by atoms with E-state index in [1.807, 2.05) is 39.4 Å². The van der Waals surface area contributed by atoms with Crippen LogP contribution in [0.4, 0.5) is 16.3 Å². The normalized spacial score (nSPS) is 16.0. The van der Waals surface area contributed by atoms with Crippen molar-refractivity contribution in [2.75, 3.05) is 36.8 Å². The van der Waals surface area contributed by atoms with Gasteiger partial charge in [0.05, 0.1) is 11.4 Å².